The van der Waals surface area contributed by atoms with Crippen molar-refractivity contribution in [1.82, 2.24) is 0 Å². The van der Waals surface area contributed by atoms with E-state index in [2.05, 4.69) is 61.5 Å². The van der Waals surface area contributed by atoms with Gasteiger partial charge >= 0.3 is 0 Å². The monoisotopic (exact) mass is 191 g/mol. The molecule has 0 N–H and O–H groups in total. The fraction of sp³-hybridized carbons (Fsp3) is 0.0667. The molecule has 0 spiro atoms. The van der Waals surface area contributed by atoms with E-state index in [-0.39, 0.29) is 0 Å². The number of hydrogen-bond donors (Lipinski definition) is 0. The van der Waals surface area contributed by atoms with Crippen LogP contribution in [0.5, 0.6) is 0 Å². The lowest BCUT2D eigenvalue weighted by Crippen LogP contribution is -1.78. The molecule has 0 saturated carbocycles. The smallest absolute Gasteiger partial charge is 0.00990 e. The van der Waals surface area contributed by atoms with Gasteiger partial charge in [0, 0.05) is 0 Å². The van der Waals surface area contributed by atoms with E-state index < -0.39 is 0 Å². The van der Waals surface area contributed by atoms with Gasteiger partial charge < -0.3 is 0 Å². The van der Waals surface area contributed by atoms with Crippen LogP contribution in [0.2, 0.25) is 0 Å². The van der Waals surface area contributed by atoms with Crippen molar-refractivity contribution in [3.05, 3.63) is 60.2 Å². The maximum Gasteiger partial charge on any atom is -0.00990 e. The Hall–Kier alpha value is -1.82. The Bertz CT molecular complexity index is 636. The summed E-state index contributed by atoms with van der Waals surface area (Å²) in [5.41, 5.74) is 1.19. The van der Waals surface area contributed by atoms with Gasteiger partial charge in [0.1, 0.15) is 0 Å². The highest BCUT2D eigenvalue weighted by Crippen LogP contribution is 2.25. The Kier molecular flexibility index (Phi) is 1.75. The number of fused-ring (bicyclic) bond motifs is 3. The van der Waals surface area contributed by atoms with E-state index in [1.807, 2.05) is 0 Å². The van der Waals surface area contributed by atoms with Gasteiger partial charge in [-0.3, -0.25) is 0 Å². The standard InChI is InChI=1S/C15H11/c1-11-6-9-15-13(10-11)8-7-12-4-2-3-5-14(12)15/h2-5,7-10H,1H3. The SMILES string of the molecule is Cc1[c]cc2c(ccc3ccccc32)c1. The van der Waals surface area contributed by atoms with Crippen molar-refractivity contribution < 1.29 is 0 Å². The molecule has 3 aromatic carbocycles. The third kappa shape index (κ3) is 1.30. The Labute approximate surface area is 89.2 Å². The van der Waals surface area contributed by atoms with Gasteiger partial charge in [0.15, 0.2) is 0 Å². The molecular weight excluding hydrogens is 180 g/mol. The van der Waals surface area contributed by atoms with Gasteiger partial charge in [-0.15, -0.1) is 0 Å². The van der Waals surface area contributed by atoms with Crippen LogP contribution < -0.4 is 0 Å². The molecule has 0 bridgehead atoms. The van der Waals surface area contributed by atoms with Crippen molar-refractivity contribution >= 4 is 21.5 Å². The van der Waals surface area contributed by atoms with Gasteiger partial charge in [0.2, 0.25) is 0 Å². The van der Waals surface area contributed by atoms with E-state index in [0.717, 1.165) is 0 Å². The Balaban J connectivity index is 2.55. The molecule has 0 heteroatoms. The first-order chi connectivity index (χ1) is 7.34. The van der Waals surface area contributed by atoms with E-state index >= 15 is 0 Å². The third-order valence-corrected chi connectivity index (χ3v) is 2.82. The Morgan fingerprint density at radius 3 is 2.60 bits per heavy atom. The second-order valence-electron chi connectivity index (χ2n) is 3.91. The van der Waals surface area contributed by atoms with Crippen LogP contribution in [-0.2, 0) is 0 Å². The zero-order valence-electron chi connectivity index (χ0n) is 8.62. The maximum atomic E-state index is 3.27. The molecule has 0 unspecified atom stereocenters. The topological polar surface area (TPSA) is 0 Å². The van der Waals surface area contributed by atoms with Gasteiger partial charge in [-0.2, -0.15) is 0 Å². The highest BCUT2D eigenvalue weighted by atomic mass is 14.0. The van der Waals surface area contributed by atoms with E-state index in [1.54, 1.807) is 0 Å². The average molecular weight is 191 g/mol. The average Bonchev–Trinajstić information content (AvgIpc) is 2.28. The predicted octanol–water partition coefficient (Wildman–Crippen LogP) is 4.10. The lowest BCUT2D eigenvalue weighted by Gasteiger charge is -2.03. The molecule has 3 rings (SSSR count). The Morgan fingerprint density at radius 2 is 1.67 bits per heavy atom. The van der Waals surface area contributed by atoms with E-state index in [9.17, 15) is 0 Å². The van der Waals surface area contributed by atoms with Crippen molar-refractivity contribution in [2.75, 3.05) is 0 Å². The molecule has 0 heterocycles. The summed E-state index contributed by atoms with van der Waals surface area (Å²) in [5, 5.41) is 5.19. The first kappa shape index (κ1) is 8.49. The first-order valence-electron chi connectivity index (χ1n) is 5.14. The summed E-state index contributed by atoms with van der Waals surface area (Å²) in [6.07, 6.45) is 0. The van der Waals surface area contributed by atoms with Crippen LogP contribution >= 0.6 is 0 Å². The number of hydrogen-bond acceptors (Lipinski definition) is 0. The van der Waals surface area contributed by atoms with Crippen LogP contribution in [-0.4, -0.2) is 0 Å². The van der Waals surface area contributed by atoms with Crippen LogP contribution in [0.4, 0.5) is 0 Å². The van der Waals surface area contributed by atoms with Crippen LogP contribution in [0, 0.1) is 13.0 Å². The summed E-state index contributed by atoms with van der Waals surface area (Å²) in [6, 6.07) is 20.4. The summed E-state index contributed by atoms with van der Waals surface area (Å²) in [4.78, 5) is 0. The van der Waals surface area contributed by atoms with Gasteiger partial charge in [-0.05, 0) is 46.2 Å². The molecule has 15 heavy (non-hydrogen) atoms. The van der Waals surface area contributed by atoms with Gasteiger partial charge in [0.25, 0.3) is 0 Å². The maximum absolute atomic E-state index is 3.27. The van der Waals surface area contributed by atoms with Crippen molar-refractivity contribution in [3.8, 4) is 0 Å². The lowest BCUT2D eigenvalue weighted by atomic mass is 10.0. The van der Waals surface area contributed by atoms with Gasteiger partial charge in [-0.25, -0.2) is 0 Å². The number of rotatable bonds is 0. The van der Waals surface area contributed by atoms with Crippen molar-refractivity contribution in [2.24, 2.45) is 0 Å². The predicted molar refractivity (Wildman–Crippen MR) is 65.0 cm³/mol. The zero-order valence-corrected chi connectivity index (χ0v) is 8.62. The molecule has 0 atom stereocenters. The summed E-state index contributed by atoms with van der Waals surface area (Å²) < 4.78 is 0. The molecule has 3 aromatic rings. The molecule has 0 saturated heterocycles. The highest BCUT2D eigenvalue weighted by Gasteiger charge is 1.99. The van der Waals surface area contributed by atoms with E-state index in [0.29, 0.717) is 0 Å². The van der Waals surface area contributed by atoms with Crippen LogP contribution in [0.1, 0.15) is 5.56 Å². The molecule has 1 radical (unpaired) electrons. The second-order valence-corrected chi connectivity index (χ2v) is 3.91. The fourth-order valence-electron chi connectivity index (χ4n) is 2.06. The van der Waals surface area contributed by atoms with E-state index in [1.165, 1.54) is 27.1 Å². The van der Waals surface area contributed by atoms with Crippen LogP contribution in [0.15, 0.2) is 48.5 Å². The first-order valence-corrected chi connectivity index (χ1v) is 5.14. The van der Waals surface area contributed by atoms with Crippen molar-refractivity contribution in [1.29, 1.82) is 0 Å². The second kappa shape index (κ2) is 3.09. The molecule has 71 valence electrons. The van der Waals surface area contributed by atoms with Gasteiger partial charge in [-0.1, -0.05) is 42.5 Å². The number of benzene rings is 3. The minimum absolute atomic E-state index is 1.19. The minimum Gasteiger partial charge on any atom is -0.0616 e. The van der Waals surface area contributed by atoms with Gasteiger partial charge in [0.05, 0.1) is 0 Å². The normalized spacial score (nSPS) is 11.0. The zero-order chi connectivity index (χ0) is 10.3. The summed E-state index contributed by atoms with van der Waals surface area (Å²) in [6.45, 7) is 2.08. The van der Waals surface area contributed by atoms with Crippen LogP contribution in [0.3, 0.4) is 0 Å². The largest absolute Gasteiger partial charge is 0.0616 e. The Morgan fingerprint density at radius 1 is 0.867 bits per heavy atom. The molecule has 0 aromatic heterocycles. The quantitative estimate of drug-likeness (QED) is 0.469. The fourth-order valence-corrected chi connectivity index (χ4v) is 2.06. The summed E-state index contributed by atoms with van der Waals surface area (Å²) in [7, 11) is 0. The third-order valence-electron chi connectivity index (χ3n) is 2.82. The van der Waals surface area contributed by atoms with Crippen molar-refractivity contribution in [2.45, 2.75) is 6.92 Å². The summed E-state index contributed by atoms with van der Waals surface area (Å²) >= 11 is 0. The molecule has 0 nitrogen and oxygen atoms in total. The molecular formula is C15H11. The molecule has 0 aliphatic carbocycles. The van der Waals surface area contributed by atoms with Crippen LogP contribution in [0.25, 0.3) is 21.5 Å². The van der Waals surface area contributed by atoms with Crippen molar-refractivity contribution in [3.63, 3.8) is 0 Å². The molecule has 0 amide bonds. The molecule has 0 aliphatic heterocycles. The minimum atomic E-state index is 1.19. The lowest BCUT2D eigenvalue weighted by molar-refractivity contribution is 1.50. The highest BCUT2D eigenvalue weighted by molar-refractivity contribution is 6.07. The molecule has 0 aliphatic rings. The number of aryl methyl sites for hydroxylation is 1. The van der Waals surface area contributed by atoms with E-state index in [4.69, 9.17) is 0 Å². The summed E-state index contributed by atoms with van der Waals surface area (Å²) in [5.74, 6) is 0. The molecule has 0 fully saturated rings.